The van der Waals surface area contributed by atoms with Crippen molar-refractivity contribution in [2.75, 3.05) is 19.0 Å². The molecular weight excluding hydrogens is 228 g/mol. The van der Waals surface area contributed by atoms with Gasteiger partial charge in [0.15, 0.2) is 0 Å². The Kier molecular flexibility index (Phi) is 3.57. The van der Waals surface area contributed by atoms with Crippen molar-refractivity contribution in [3.63, 3.8) is 0 Å². The molecule has 4 heteroatoms. The van der Waals surface area contributed by atoms with Gasteiger partial charge in [0.05, 0.1) is 18.3 Å². The van der Waals surface area contributed by atoms with Crippen molar-refractivity contribution in [1.82, 2.24) is 5.32 Å². The predicted molar refractivity (Wildman–Crippen MR) is 72.0 cm³/mol. The van der Waals surface area contributed by atoms with Crippen LogP contribution < -0.4 is 15.4 Å². The maximum Gasteiger partial charge on any atom is 0.244 e. The monoisotopic (exact) mass is 248 g/mol. The number of benzene rings is 1. The molecule has 0 spiro atoms. The highest BCUT2D eigenvalue weighted by atomic mass is 16.5. The van der Waals surface area contributed by atoms with Crippen LogP contribution in [0.2, 0.25) is 0 Å². The summed E-state index contributed by atoms with van der Waals surface area (Å²) in [6.45, 7) is 4.83. The zero-order chi connectivity index (χ0) is 13.2. The van der Waals surface area contributed by atoms with Gasteiger partial charge in [-0.2, -0.15) is 0 Å². The number of aryl methyl sites for hydroxylation is 1. The summed E-state index contributed by atoms with van der Waals surface area (Å²) in [7, 11) is 1.61. The Morgan fingerprint density at radius 3 is 2.89 bits per heavy atom. The number of methoxy groups -OCH3 is 1. The normalized spacial score (nSPS) is 22.8. The number of carbonyl (C=O) groups excluding carboxylic acids is 1. The number of anilines is 1. The zero-order valence-electron chi connectivity index (χ0n) is 11.2. The van der Waals surface area contributed by atoms with Crippen LogP contribution >= 0.6 is 0 Å². The summed E-state index contributed by atoms with van der Waals surface area (Å²) in [6.07, 6.45) is 1.90. The number of hydrogen-bond donors (Lipinski definition) is 2. The van der Waals surface area contributed by atoms with E-state index < -0.39 is 5.54 Å². The summed E-state index contributed by atoms with van der Waals surface area (Å²) < 4.78 is 5.29. The van der Waals surface area contributed by atoms with Crippen molar-refractivity contribution in [2.24, 2.45) is 0 Å². The van der Waals surface area contributed by atoms with Gasteiger partial charge in [0.1, 0.15) is 5.75 Å². The Bertz CT molecular complexity index is 451. The van der Waals surface area contributed by atoms with Gasteiger partial charge >= 0.3 is 0 Å². The molecule has 1 aromatic rings. The molecule has 98 valence electrons. The van der Waals surface area contributed by atoms with E-state index in [1.54, 1.807) is 7.11 Å². The lowest BCUT2D eigenvalue weighted by Gasteiger charge is -2.23. The van der Waals surface area contributed by atoms with Crippen LogP contribution in [0.3, 0.4) is 0 Å². The van der Waals surface area contributed by atoms with Crippen molar-refractivity contribution in [1.29, 1.82) is 0 Å². The van der Waals surface area contributed by atoms with Crippen LogP contribution in [0.1, 0.15) is 25.3 Å². The number of rotatable bonds is 3. The Hall–Kier alpha value is -1.55. The van der Waals surface area contributed by atoms with E-state index in [9.17, 15) is 4.79 Å². The van der Waals surface area contributed by atoms with E-state index >= 15 is 0 Å². The average molecular weight is 248 g/mol. The minimum absolute atomic E-state index is 0.00199. The Labute approximate surface area is 108 Å². The number of ether oxygens (including phenoxy) is 1. The van der Waals surface area contributed by atoms with Crippen molar-refractivity contribution in [3.05, 3.63) is 23.8 Å². The molecule has 1 unspecified atom stereocenters. The van der Waals surface area contributed by atoms with E-state index in [2.05, 4.69) is 10.6 Å². The molecule has 2 N–H and O–H groups in total. The maximum absolute atomic E-state index is 12.3. The smallest absolute Gasteiger partial charge is 0.244 e. The lowest BCUT2D eigenvalue weighted by atomic mass is 9.99. The minimum Gasteiger partial charge on any atom is -0.495 e. The van der Waals surface area contributed by atoms with Crippen LogP contribution in [0.25, 0.3) is 0 Å². The molecule has 1 aromatic carbocycles. The maximum atomic E-state index is 12.3. The molecule has 1 aliphatic rings. The fraction of sp³-hybridized carbons (Fsp3) is 0.500. The van der Waals surface area contributed by atoms with Crippen molar-refractivity contribution >= 4 is 11.6 Å². The van der Waals surface area contributed by atoms with Gasteiger partial charge in [-0.25, -0.2) is 0 Å². The van der Waals surface area contributed by atoms with E-state index in [-0.39, 0.29) is 5.91 Å². The van der Waals surface area contributed by atoms with Crippen LogP contribution in [0.15, 0.2) is 18.2 Å². The molecule has 0 aliphatic carbocycles. The second-order valence-corrected chi connectivity index (χ2v) is 5.02. The third-order valence-corrected chi connectivity index (χ3v) is 3.48. The summed E-state index contributed by atoms with van der Waals surface area (Å²) in [5, 5.41) is 6.19. The fourth-order valence-electron chi connectivity index (χ4n) is 2.25. The van der Waals surface area contributed by atoms with Gasteiger partial charge in [0.2, 0.25) is 5.91 Å². The molecule has 1 amide bonds. The molecule has 0 saturated carbocycles. The summed E-state index contributed by atoms with van der Waals surface area (Å²) in [5.74, 6) is 0.701. The molecule has 1 fully saturated rings. The second kappa shape index (κ2) is 4.98. The summed E-state index contributed by atoms with van der Waals surface area (Å²) >= 11 is 0. The molecular formula is C14H20N2O2. The quantitative estimate of drug-likeness (QED) is 0.861. The minimum atomic E-state index is -0.462. The average Bonchev–Trinajstić information content (AvgIpc) is 2.79. The standard InChI is InChI=1S/C14H20N2O2/c1-10-5-6-11(12(9-10)18-3)16-13(17)14(2)7-4-8-15-14/h5-6,9,15H,4,7-8H2,1-3H3,(H,16,17). The summed E-state index contributed by atoms with van der Waals surface area (Å²) in [5.41, 5.74) is 1.37. The Morgan fingerprint density at radius 1 is 1.50 bits per heavy atom. The largest absolute Gasteiger partial charge is 0.495 e. The highest BCUT2D eigenvalue weighted by Crippen LogP contribution is 2.27. The number of hydrogen-bond acceptors (Lipinski definition) is 3. The van der Waals surface area contributed by atoms with Gasteiger partial charge in [0, 0.05) is 0 Å². The number of nitrogens with one attached hydrogen (secondary N) is 2. The van der Waals surface area contributed by atoms with Gasteiger partial charge in [-0.05, 0) is 50.9 Å². The van der Waals surface area contributed by atoms with E-state index in [4.69, 9.17) is 4.74 Å². The van der Waals surface area contributed by atoms with Crippen LogP contribution in [0, 0.1) is 6.92 Å². The first-order valence-corrected chi connectivity index (χ1v) is 6.26. The van der Waals surface area contributed by atoms with Crippen molar-refractivity contribution < 1.29 is 9.53 Å². The first-order chi connectivity index (χ1) is 8.55. The van der Waals surface area contributed by atoms with Crippen LogP contribution in [0.4, 0.5) is 5.69 Å². The van der Waals surface area contributed by atoms with Gasteiger partial charge in [-0.3, -0.25) is 4.79 Å². The van der Waals surface area contributed by atoms with Crippen molar-refractivity contribution in [2.45, 2.75) is 32.2 Å². The molecule has 1 aliphatic heterocycles. The van der Waals surface area contributed by atoms with Crippen LogP contribution in [-0.2, 0) is 4.79 Å². The predicted octanol–water partition coefficient (Wildman–Crippen LogP) is 2.08. The SMILES string of the molecule is COc1cc(C)ccc1NC(=O)C1(C)CCCN1. The summed E-state index contributed by atoms with van der Waals surface area (Å²) in [6, 6.07) is 5.76. The van der Waals surface area contributed by atoms with Crippen LogP contribution in [0.5, 0.6) is 5.75 Å². The van der Waals surface area contributed by atoms with Crippen molar-refractivity contribution in [3.8, 4) is 5.75 Å². The third-order valence-electron chi connectivity index (χ3n) is 3.48. The van der Waals surface area contributed by atoms with E-state index in [0.717, 1.165) is 30.6 Å². The lowest BCUT2D eigenvalue weighted by Crippen LogP contribution is -2.48. The first-order valence-electron chi connectivity index (χ1n) is 6.26. The Morgan fingerprint density at radius 2 is 2.28 bits per heavy atom. The van der Waals surface area contributed by atoms with E-state index in [1.807, 2.05) is 32.0 Å². The van der Waals surface area contributed by atoms with Gasteiger partial charge in [-0.1, -0.05) is 6.07 Å². The molecule has 18 heavy (non-hydrogen) atoms. The molecule has 0 radical (unpaired) electrons. The number of amides is 1. The van der Waals surface area contributed by atoms with Gasteiger partial charge < -0.3 is 15.4 Å². The molecule has 1 heterocycles. The third kappa shape index (κ3) is 2.48. The van der Waals surface area contributed by atoms with E-state index in [1.165, 1.54) is 0 Å². The Balaban J connectivity index is 2.16. The molecule has 0 aromatic heterocycles. The molecule has 0 bridgehead atoms. The summed E-state index contributed by atoms with van der Waals surface area (Å²) in [4.78, 5) is 12.3. The number of carbonyl (C=O) groups is 1. The lowest BCUT2D eigenvalue weighted by molar-refractivity contribution is -0.121. The van der Waals surface area contributed by atoms with E-state index in [0.29, 0.717) is 5.75 Å². The molecule has 1 saturated heterocycles. The van der Waals surface area contributed by atoms with Crippen LogP contribution in [-0.4, -0.2) is 25.1 Å². The first kappa shape index (κ1) is 12.9. The molecule has 2 rings (SSSR count). The zero-order valence-corrected chi connectivity index (χ0v) is 11.2. The molecule has 4 nitrogen and oxygen atoms in total. The van der Waals surface area contributed by atoms with Gasteiger partial charge in [-0.15, -0.1) is 0 Å². The second-order valence-electron chi connectivity index (χ2n) is 5.02. The molecule has 1 atom stereocenters. The van der Waals surface area contributed by atoms with Gasteiger partial charge in [0.25, 0.3) is 0 Å². The highest BCUT2D eigenvalue weighted by Gasteiger charge is 2.36. The highest BCUT2D eigenvalue weighted by molar-refractivity contribution is 5.99. The fourth-order valence-corrected chi connectivity index (χ4v) is 2.25. The topological polar surface area (TPSA) is 50.4 Å².